The molecule has 0 spiro atoms. The summed E-state index contributed by atoms with van der Waals surface area (Å²) in [7, 11) is 1.66. The molecule has 0 saturated heterocycles. The van der Waals surface area contributed by atoms with Crippen molar-refractivity contribution in [1.29, 1.82) is 0 Å². The van der Waals surface area contributed by atoms with Crippen LogP contribution in [0.2, 0.25) is 0 Å². The number of carbonyl (C=O) groups is 1. The molecule has 4 nitrogen and oxygen atoms in total. The Labute approximate surface area is 118 Å². The molecule has 0 amide bonds. The van der Waals surface area contributed by atoms with Gasteiger partial charge in [0, 0.05) is 17.8 Å². The van der Waals surface area contributed by atoms with Crippen molar-refractivity contribution in [2.24, 2.45) is 0 Å². The molecule has 0 atom stereocenters. The molecule has 0 bridgehead atoms. The standard InChI is InChI=1S/C16H17NO3/c1-20-15-4-2-3-13(9-10-15)17-14-7-5-12(6-8-14)11-16(18)19/h2-3,5-10,17H,4,11H2,1H3,(H,18,19). The summed E-state index contributed by atoms with van der Waals surface area (Å²) in [6, 6.07) is 7.37. The highest BCUT2D eigenvalue weighted by molar-refractivity contribution is 5.70. The van der Waals surface area contributed by atoms with E-state index in [9.17, 15) is 4.79 Å². The number of rotatable bonds is 5. The van der Waals surface area contributed by atoms with Crippen LogP contribution in [0.25, 0.3) is 0 Å². The predicted molar refractivity (Wildman–Crippen MR) is 78.3 cm³/mol. The molecule has 0 unspecified atom stereocenters. The second-order valence-corrected chi connectivity index (χ2v) is 4.46. The lowest BCUT2D eigenvalue weighted by atomic mass is 10.1. The lowest BCUT2D eigenvalue weighted by Crippen LogP contribution is -2.00. The van der Waals surface area contributed by atoms with Crippen LogP contribution in [0.5, 0.6) is 0 Å². The van der Waals surface area contributed by atoms with Crippen molar-refractivity contribution in [2.45, 2.75) is 12.8 Å². The van der Waals surface area contributed by atoms with Gasteiger partial charge in [0.25, 0.3) is 0 Å². The van der Waals surface area contributed by atoms with Gasteiger partial charge in [0.15, 0.2) is 0 Å². The summed E-state index contributed by atoms with van der Waals surface area (Å²) in [4.78, 5) is 10.6. The van der Waals surface area contributed by atoms with Crippen LogP contribution in [0.1, 0.15) is 12.0 Å². The van der Waals surface area contributed by atoms with Gasteiger partial charge in [0.1, 0.15) is 0 Å². The van der Waals surface area contributed by atoms with E-state index in [-0.39, 0.29) is 6.42 Å². The van der Waals surface area contributed by atoms with Gasteiger partial charge in [-0.15, -0.1) is 0 Å². The van der Waals surface area contributed by atoms with E-state index in [1.54, 1.807) is 7.11 Å². The number of ether oxygens (including phenoxy) is 1. The van der Waals surface area contributed by atoms with E-state index in [1.807, 2.05) is 48.6 Å². The van der Waals surface area contributed by atoms with Crippen LogP contribution in [0.4, 0.5) is 5.69 Å². The third kappa shape index (κ3) is 4.02. The summed E-state index contributed by atoms with van der Waals surface area (Å²) in [5.74, 6) is 0.0900. The van der Waals surface area contributed by atoms with Crippen LogP contribution in [0.3, 0.4) is 0 Å². The molecule has 0 fully saturated rings. The van der Waals surface area contributed by atoms with Crippen molar-refractivity contribution >= 4 is 11.7 Å². The van der Waals surface area contributed by atoms with Crippen molar-refractivity contribution < 1.29 is 14.6 Å². The van der Waals surface area contributed by atoms with E-state index in [4.69, 9.17) is 9.84 Å². The van der Waals surface area contributed by atoms with Gasteiger partial charge in [0.05, 0.1) is 19.3 Å². The Morgan fingerprint density at radius 3 is 2.70 bits per heavy atom. The third-order valence-electron chi connectivity index (χ3n) is 2.93. The smallest absolute Gasteiger partial charge is 0.307 e. The largest absolute Gasteiger partial charge is 0.501 e. The van der Waals surface area contributed by atoms with Gasteiger partial charge in [0.2, 0.25) is 0 Å². The zero-order valence-corrected chi connectivity index (χ0v) is 11.3. The first-order valence-corrected chi connectivity index (χ1v) is 6.36. The maximum atomic E-state index is 10.6. The monoisotopic (exact) mass is 271 g/mol. The first kappa shape index (κ1) is 13.9. The number of nitrogens with one attached hydrogen (secondary N) is 1. The molecule has 0 aromatic heterocycles. The molecule has 104 valence electrons. The Balaban J connectivity index is 2.05. The molecule has 4 heteroatoms. The lowest BCUT2D eigenvalue weighted by Gasteiger charge is -2.07. The average Bonchev–Trinajstić information content (AvgIpc) is 2.65. The lowest BCUT2D eigenvalue weighted by molar-refractivity contribution is -0.136. The Bertz CT molecular complexity index is 568. The fourth-order valence-corrected chi connectivity index (χ4v) is 1.89. The van der Waals surface area contributed by atoms with Gasteiger partial charge in [-0.3, -0.25) is 4.79 Å². The summed E-state index contributed by atoms with van der Waals surface area (Å²) in [6.07, 6.45) is 8.72. The molecule has 1 aliphatic carbocycles. The van der Waals surface area contributed by atoms with Crippen molar-refractivity contribution in [3.8, 4) is 0 Å². The van der Waals surface area contributed by atoms with E-state index in [0.29, 0.717) is 0 Å². The molecule has 0 heterocycles. The van der Waals surface area contributed by atoms with Crippen molar-refractivity contribution in [3.05, 3.63) is 65.6 Å². The zero-order chi connectivity index (χ0) is 14.4. The van der Waals surface area contributed by atoms with Crippen molar-refractivity contribution in [1.82, 2.24) is 0 Å². The normalized spacial score (nSPS) is 14.1. The number of aliphatic carboxylic acids is 1. The van der Waals surface area contributed by atoms with Crippen molar-refractivity contribution in [3.63, 3.8) is 0 Å². The van der Waals surface area contributed by atoms with E-state index in [0.717, 1.165) is 29.1 Å². The molecule has 2 rings (SSSR count). The molecule has 2 N–H and O–H groups in total. The van der Waals surface area contributed by atoms with Crippen LogP contribution < -0.4 is 5.32 Å². The van der Waals surface area contributed by atoms with Gasteiger partial charge in [-0.2, -0.15) is 0 Å². The average molecular weight is 271 g/mol. The summed E-state index contributed by atoms with van der Waals surface area (Å²) < 4.78 is 5.20. The molecule has 1 aromatic rings. The Morgan fingerprint density at radius 1 is 1.30 bits per heavy atom. The predicted octanol–water partition coefficient (Wildman–Crippen LogP) is 3.10. The Morgan fingerprint density at radius 2 is 2.05 bits per heavy atom. The highest BCUT2D eigenvalue weighted by Crippen LogP contribution is 2.16. The summed E-state index contributed by atoms with van der Waals surface area (Å²) >= 11 is 0. The maximum Gasteiger partial charge on any atom is 0.307 e. The Kier molecular flexibility index (Phi) is 4.60. The van der Waals surface area contributed by atoms with Gasteiger partial charge in [-0.25, -0.2) is 0 Å². The topological polar surface area (TPSA) is 58.6 Å². The first-order chi connectivity index (χ1) is 9.67. The molecule has 0 aliphatic heterocycles. The van der Waals surface area contributed by atoms with Crippen LogP contribution in [-0.4, -0.2) is 18.2 Å². The van der Waals surface area contributed by atoms with Crippen LogP contribution in [0.15, 0.2) is 60.0 Å². The SMILES string of the molecule is COC1=CC=C(Nc2ccc(CC(=O)O)cc2)C=CC1. The van der Waals surface area contributed by atoms with Gasteiger partial charge >= 0.3 is 5.97 Å². The quantitative estimate of drug-likeness (QED) is 0.864. The van der Waals surface area contributed by atoms with Gasteiger partial charge < -0.3 is 15.2 Å². The van der Waals surface area contributed by atoms with Gasteiger partial charge in [-0.05, 0) is 35.9 Å². The van der Waals surface area contributed by atoms with E-state index < -0.39 is 5.97 Å². The third-order valence-corrected chi connectivity index (χ3v) is 2.93. The minimum atomic E-state index is -0.822. The number of hydrogen-bond donors (Lipinski definition) is 2. The van der Waals surface area contributed by atoms with Crippen LogP contribution in [0, 0.1) is 0 Å². The fourth-order valence-electron chi connectivity index (χ4n) is 1.89. The zero-order valence-electron chi connectivity index (χ0n) is 11.3. The molecular formula is C16H17NO3. The molecule has 1 aliphatic rings. The minimum absolute atomic E-state index is 0.0445. The van der Waals surface area contributed by atoms with Crippen molar-refractivity contribution in [2.75, 3.05) is 12.4 Å². The molecule has 0 saturated carbocycles. The number of benzene rings is 1. The summed E-state index contributed by atoms with van der Waals surface area (Å²) in [6.45, 7) is 0. The molecule has 20 heavy (non-hydrogen) atoms. The number of carboxylic acid groups (broad SMARTS) is 1. The number of anilines is 1. The van der Waals surface area contributed by atoms with Crippen LogP contribution >= 0.6 is 0 Å². The first-order valence-electron chi connectivity index (χ1n) is 6.36. The summed E-state index contributed by atoms with van der Waals surface area (Å²) in [5, 5.41) is 12.0. The van der Waals surface area contributed by atoms with E-state index in [1.165, 1.54) is 0 Å². The molecule has 1 aromatic carbocycles. The summed E-state index contributed by atoms with van der Waals surface area (Å²) in [5.41, 5.74) is 2.67. The number of methoxy groups -OCH3 is 1. The Hall–Kier alpha value is -2.49. The van der Waals surface area contributed by atoms with Gasteiger partial charge in [-0.1, -0.05) is 18.2 Å². The minimum Gasteiger partial charge on any atom is -0.501 e. The highest BCUT2D eigenvalue weighted by Gasteiger charge is 2.02. The maximum absolute atomic E-state index is 10.6. The fraction of sp³-hybridized carbons (Fsp3) is 0.188. The molecule has 0 radical (unpaired) electrons. The highest BCUT2D eigenvalue weighted by atomic mass is 16.5. The second-order valence-electron chi connectivity index (χ2n) is 4.46. The number of carboxylic acids is 1. The number of allylic oxidation sites excluding steroid dienone is 4. The number of hydrogen-bond acceptors (Lipinski definition) is 3. The van der Waals surface area contributed by atoms with E-state index in [2.05, 4.69) is 5.32 Å². The van der Waals surface area contributed by atoms with E-state index >= 15 is 0 Å². The second kappa shape index (κ2) is 6.61. The molecular weight excluding hydrogens is 254 g/mol. The van der Waals surface area contributed by atoms with Crippen LogP contribution in [-0.2, 0) is 16.0 Å².